The maximum Gasteiger partial charge on any atom is 0.225 e. The first-order chi connectivity index (χ1) is 8.78. The van der Waals surface area contributed by atoms with Crippen LogP contribution in [0.2, 0.25) is 0 Å². The summed E-state index contributed by atoms with van der Waals surface area (Å²) in [7, 11) is 0. The van der Waals surface area contributed by atoms with Crippen molar-refractivity contribution < 1.29 is 13.6 Å². The molecule has 0 saturated carbocycles. The third-order valence-electron chi connectivity index (χ3n) is 3.49. The van der Waals surface area contributed by atoms with Gasteiger partial charge in [0.1, 0.15) is 11.6 Å². The fraction of sp³-hybridized carbons (Fsp3) is 0.500. The molecule has 5 heteroatoms. The second-order valence-electron chi connectivity index (χ2n) is 5.24. The molecule has 0 radical (unpaired) electrons. The van der Waals surface area contributed by atoms with Crippen LogP contribution in [0.5, 0.6) is 0 Å². The van der Waals surface area contributed by atoms with Gasteiger partial charge in [-0.1, -0.05) is 19.9 Å². The summed E-state index contributed by atoms with van der Waals surface area (Å²) in [6.45, 7) is 6.04. The highest BCUT2D eigenvalue weighted by Gasteiger charge is 2.28. The maximum atomic E-state index is 13.4. The smallest absolute Gasteiger partial charge is 0.225 e. The average molecular weight is 270 g/mol. The zero-order valence-electron chi connectivity index (χ0n) is 11.5. The Morgan fingerprint density at radius 2 is 2.05 bits per heavy atom. The van der Waals surface area contributed by atoms with Crippen LogP contribution in [0.4, 0.5) is 8.78 Å². The first kappa shape index (κ1) is 15.6. The molecule has 1 atom stereocenters. The minimum absolute atomic E-state index is 0.131. The molecule has 0 spiro atoms. The minimum Gasteiger partial charge on any atom is -0.349 e. The number of hydrogen-bond acceptors (Lipinski definition) is 2. The van der Waals surface area contributed by atoms with Gasteiger partial charge >= 0.3 is 0 Å². The molecule has 1 rings (SSSR count). The molecule has 1 aromatic carbocycles. The summed E-state index contributed by atoms with van der Waals surface area (Å²) in [6.07, 6.45) is -0.131. The zero-order valence-corrected chi connectivity index (χ0v) is 11.5. The SMILES string of the molecule is CC(C)C(C)(CN)NC(=O)Cc1ccc(F)cc1F. The minimum atomic E-state index is -0.714. The number of amides is 1. The Kier molecular flexibility index (Phi) is 5.00. The van der Waals surface area contributed by atoms with Crippen molar-refractivity contribution in [3.63, 3.8) is 0 Å². The largest absolute Gasteiger partial charge is 0.349 e. The van der Waals surface area contributed by atoms with Crippen LogP contribution in [-0.4, -0.2) is 18.0 Å². The third kappa shape index (κ3) is 3.99. The van der Waals surface area contributed by atoms with Crippen molar-refractivity contribution in [3.05, 3.63) is 35.4 Å². The van der Waals surface area contributed by atoms with Crippen molar-refractivity contribution in [3.8, 4) is 0 Å². The zero-order chi connectivity index (χ0) is 14.6. The normalized spacial score (nSPS) is 14.3. The summed E-state index contributed by atoms with van der Waals surface area (Å²) < 4.78 is 26.2. The number of nitrogens with two attached hydrogens (primary N) is 1. The van der Waals surface area contributed by atoms with E-state index in [2.05, 4.69) is 5.32 Å². The highest BCUT2D eigenvalue weighted by Crippen LogP contribution is 2.16. The van der Waals surface area contributed by atoms with E-state index in [-0.39, 0.29) is 23.8 Å². The molecule has 106 valence electrons. The fourth-order valence-corrected chi connectivity index (χ4v) is 1.63. The standard InChI is InChI=1S/C14H20F2N2O/c1-9(2)14(3,8-17)18-13(19)6-10-4-5-11(15)7-12(10)16/h4-5,7,9H,6,8,17H2,1-3H3,(H,18,19). The van der Waals surface area contributed by atoms with Gasteiger partial charge in [-0.25, -0.2) is 8.78 Å². The molecular formula is C14H20F2N2O. The Bertz CT molecular complexity index is 463. The highest BCUT2D eigenvalue weighted by molar-refractivity contribution is 5.79. The van der Waals surface area contributed by atoms with E-state index in [1.165, 1.54) is 6.07 Å². The molecule has 3 N–H and O–H groups in total. The predicted octanol–water partition coefficient (Wildman–Crippen LogP) is 2.00. The van der Waals surface area contributed by atoms with Crippen molar-refractivity contribution in [1.82, 2.24) is 5.32 Å². The lowest BCUT2D eigenvalue weighted by molar-refractivity contribution is -0.122. The molecule has 1 unspecified atom stereocenters. The molecule has 0 aliphatic rings. The van der Waals surface area contributed by atoms with E-state index < -0.39 is 17.2 Å². The Balaban J connectivity index is 2.75. The lowest BCUT2D eigenvalue weighted by Gasteiger charge is -2.33. The topological polar surface area (TPSA) is 55.1 Å². The van der Waals surface area contributed by atoms with Crippen molar-refractivity contribution in [2.75, 3.05) is 6.54 Å². The summed E-state index contributed by atoms with van der Waals surface area (Å²) in [5, 5.41) is 2.81. The molecule has 19 heavy (non-hydrogen) atoms. The Hall–Kier alpha value is -1.49. The monoisotopic (exact) mass is 270 g/mol. The van der Waals surface area contributed by atoms with Crippen LogP contribution in [-0.2, 0) is 11.2 Å². The van der Waals surface area contributed by atoms with Gasteiger partial charge in [0.2, 0.25) is 5.91 Å². The lowest BCUT2D eigenvalue weighted by atomic mass is 9.88. The van der Waals surface area contributed by atoms with Crippen LogP contribution < -0.4 is 11.1 Å². The van der Waals surface area contributed by atoms with E-state index >= 15 is 0 Å². The molecule has 0 aliphatic heterocycles. The van der Waals surface area contributed by atoms with Gasteiger partial charge in [-0.15, -0.1) is 0 Å². The number of carbonyl (C=O) groups is 1. The number of hydrogen-bond donors (Lipinski definition) is 2. The number of nitrogens with one attached hydrogen (secondary N) is 1. The number of rotatable bonds is 5. The molecule has 0 aromatic heterocycles. The van der Waals surface area contributed by atoms with Crippen LogP contribution in [0.15, 0.2) is 18.2 Å². The Morgan fingerprint density at radius 3 is 2.53 bits per heavy atom. The number of carbonyl (C=O) groups excluding carboxylic acids is 1. The Morgan fingerprint density at radius 1 is 1.42 bits per heavy atom. The molecule has 1 aromatic rings. The summed E-state index contributed by atoms with van der Waals surface area (Å²) in [5.74, 6) is -1.54. The first-order valence-electron chi connectivity index (χ1n) is 6.23. The fourth-order valence-electron chi connectivity index (χ4n) is 1.63. The number of benzene rings is 1. The van der Waals surface area contributed by atoms with E-state index in [1.54, 1.807) is 0 Å². The van der Waals surface area contributed by atoms with Crippen molar-refractivity contribution in [2.45, 2.75) is 32.7 Å². The second-order valence-corrected chi connectivity index (χ2v) is 5.24. The average Bonchev–Trinajstić information content (AvgIpc) is 2.32. The van der Waals surface area contributed by atoms with E-state index in [1.807, 2.05) is 20.8 Å². The maximum absolute atomic E-state index is 13.4. The van der Waals surface area contributed by atoms with E-state index in [0.29, 0.717) is 6.54 Å². The van der Waals surface area contributed by atoms with Gasteiger partial charge in [0.15, 0.2) is 0 Å². The summed E-state index contributed by atoms with van der Waals surface area (Å²) in [4.78, 5) is 11.9. The molecule has 0 aliphatic carbocycles. The molecule has 0 heterocycles. The van der Waals surface area contributed by atoms with Crippen LogP contribution in [0, 0.1) is 17.6 Å². The van der Waals surface area contributed by atoms with Crippen LogP contribution in [0.25, 0.3) is 0 Å². The van der Waals surface area contributed by atoms with Crippen LogP contribution in [0.3, 0.4) is 0 Å². The molecule has 0 fully saturated rings. The summed E-state index contributed by atoms with van der Waals surface area (Å²) >= 11 is 0. The van der Waals surface area contributed by atoms with Crippen molar-refractivity contribution >= 4 is 5.91 Å². The molecule has 3 nitrogen and oxygen atoms in total. The van der Waals surface area contributed by atoms with Gasteiger partial charge in [-0.05, 0) is 24.5 Å². The van der Waals surface area contributed by atoms with E-state index in [0.717, 1.165) is 12.1 Å². The van der Waals surface area contributed by atoms with Gasteiger partial charge in [-0.3, -0.25) is 4.79 Å². The molecule has 1 amide bonds. The molecule has 0 bridgehead atoms. The van der Waals surface area contributed by atoms with Gasteiger partial charge in [0, 0.05) is 12.6 Å². The van der Waals surface area contributed by atoms with Gasteiger partial charge in [0.25, 0.3) is 0 Å². The predicted molar refractivity (Wildman–Crippen MR) is 70.5 cm³/mol. The molecular weight excluding hydrogens is 250 g/mol. The van der Waals surface area contributed by atoms with Gasteiger partial charge in [-0.2, -0.15) is 0 Å². The van der Waals surface area contributed by atoms with E-state index in [9.17, 15) is 13.6 Å². The summed E-state index contributed by atoms with van der Waals surface area (Å²) in [6, 6.07) is 3.18. The van der Waals surface area contributed by atoms with Crippen molar-refractivity contribution in [2.24, 2.45) is 11.7 Å². The summed E-state index contributed by atoms with van der Waals surface area (Å²) in [5.41, 5.74) is 5.30. The van der Waals surface area contributed by atoms with Gasteiger partial charge in [0.05, 0.1) is 12.0 Å². The third-order valence-corrected chi connectivity index (χ3v) is 3.49. The van der Waals surface area contributed by atoms with Crippen LogP contribution in [0.1, 0.15) is 26.3 Å². The first-order valence-corrected chi connectivity index (χ1v) is 6.23. The second kappa shape index (κ2) is 6.10. The van der Waals surface area contributed by atoms with Crippen LogP contribution >= 0.6 is 0 Å². The quantitative estimate of drug-likeness (QED) is 0.859. The number of halogens is 2. The van der Waals surface area contributed by atoms with E-state index in [4.69, 9.17) is 5.73 Å². The van der Waals surface area contributed by atoms with Gasteiger partial charge < -0.3 is 11.1 Å². The lowest BCUT2D eigenvalue weighted by Crippen LogP contribution is -2.55. The highest BCUT2D eigenvalue weighted by atomic mass is 19.1. The molecule has 0 saturated heterocycles. The van der Waals surface area contributed by atoms with Crippen molar-refractivity contribution in [1.29, 1.82) is 0 Å². The Labute approximate surface area is 112 Å².